The van der Waals surface area contributed by atoms with Gasteiger partial charge in [-0.2, -0.15) is 0 Å². The summed E-state index contributed by atoms with van der Waals surface area (Å²) < 4.78 is 5.50. The monoisotopic (exact) mass is 325 g/mol. The number of hydrogen-bond acceptors (Lipinski definition) is 4. The van der Waals surface area contributed by atoms with Gasteiger partial charge in [0.2, 0.25) is 0 Å². The van der Waals surface area contributed by atoms with E-state index in [4.69, 9.17) is 4.74 Å². The van der Waals surface area contributed by atoms with Gasteiger partial charge in [-0.15, -0.1) is 0 Å². The molecule has 0 saturated carbocycles. The molecule has 134 valence electrons. The van der Waals surface area contributed by atoms with E-state index in [1.54, 1.807) is 0 Å². The third-order valence-corrected chi connectivity index (χ3v) is 4.81. The predicted octanol–water partition coefficient (Wildman–Crippen LogP) is 2.85. The van der Waals surface area contributed by atoms with Gasteiger partial charge in [0, 0.05) is 31.7 Å². The lowest BCUT2D eigenvalue weighted by molar-refractivity contribution is 0.00931. The van der Waals surface area contributed by atoms with Crippen molar-refractivity contribution < 1.29 is 9.53 Å². The van der Waals surface area contributed by atoms with Crippen LogP contribution < -0.4 is 5.32 Å². The molecule has 2 fully saturated rings. The van der Waals surface area contributed by atoms with Crippen LogP contribution in [0.25, 0.3) is 0 Å². The maximum atomic E-state index is 12.2. The second-order valence-corrected chi connectivity index (χ2v) is 8.10. The van der Waals surface area contributed by atoms with E-state index in [1.807, 2.05) is 25.7 Å². The summed E-state index contributed by atoms with van der Waals surface area (Å²) in [4.78, 5) is 16.7. The van der Waals surface area contributed by atoms with Crippen LogP contribution in [0.3, 0.4) is 0 Å². The number of carbonyl (C=O) groups excluding carboxylic acids is 1. The Kier molecular flexibility index (Phi) is 6.72. The summed E-state index contributed by atoms with van der Waals surface area (Å²) in [7, 11) is 0. The molecule has 0 bridgehead atoms. The number of piperidine rings is 2. The van der Waals surface area contributed by atoms with E-state index < -0.39 is 5.60 Å². The topological polar surface area (TPSA) is 44.8 Å². The van der Waals surface area contributed by atoms with Crippen molar-refractivity contribution in [1.29, 1.82) is 0 Å². The van der Waals surface area contributed by atoms with Crippen LogP contribution in [0.5, 0.6) is 0 Å². The van der Waals surface area contributed by atoms with Gasteiger partial charge >= 0.3 is 6.09 Å². The van der Waals surface area contributed by atoms with Crippen LogP contribution in [0.4, 0.5) is 4.79 Å². The smallest absolute Gasteiger partial charge is 0.410 e. The molecule has 2 heterocycles. The van der Waals surface area contributed by atoms with Crippen molar-refractivity contribution in [3.8, 4) is 0 Å². The summed E-state index contributed by atoms with van der Waals surface area (Å²) in [6.07, 6.45) is 5.96. The lowest BCUT2D eigenvalue weighted by Crippen LogP contribution is -2.51. The van der Waals surface area contributed by atoms with Gasteiger partial charge in [-0.1, -0.05) is 6.42 Å². The SMILES string of the molecule is CC1CC(NCCN2CCCCC2)CCN1C(=O)OC(C)(C)C. The average Bonchev–Trinajstić information content (AvgIpc) is 2.46. The van der Waals surface area contributed by atoms with Crippen molar-refractivity contribution in [3.63, 3.8) is 0 Å². The zero-order valence-electron chi connectivity index (χ0n) is 15.4. The van der Waals surface area contributed by atoms with Gasteiger partial charge in [-0.25, -0.2) is 4.79 Å². The summed E-state index contributed by atoms with van der Waals surface area (Å²) in [5, 5.41) is 3.69. The Hall–Kier alpha value is -0.810. The lowest BCUT2D eigenvalue weighted by atomic mass is 9.98. The molecular formula is C18H35N3O2. The van der Waals surface area contributed by atoms with Crippen molar-refractivity contribution in [2.24, 2.45) is 0 Å². The van der Waals surface area contributed by atoms with E-state index in [0.29, 0.717) is 6.04 Å². The largest absolute Gasteiger partial charge is 0.444 e. The highest BCUT2D eigenvalue weighted by atomic mass is 16.6. The van der Waals surface area contributed by atoms with Gasteiger partial charge < -0.3 is 19.9 Å². The lowest BCUT2D eigenvalue weighted by Gasteiger charge is -2.39. The first-order valence-corrected chi connectivity index (χ1v) is 9.30. The molecule has 2 aliphatic rings. The Morgan fingerprint density at radius 3 is 2.48 bits per heavy atom. The van der Waals surface area contributed by atoms with Gasteiger partial charge in [-0.3, -0.25) is 0 Å². The molecule has 23 heavy (non-hydrogen) atoms. The first-order valence-electron chi connectivity index (χ1n) is 9.30. The van der Waals surface area contributed by atoms with Gasteiger partial charge in [-0.05, 0) is 66.5 Å². The maximum Gasteiger partial charge on any atom is 0.410 e. The minimum Gasteiger partial charge on any atom is -0.444 e. The van der Waals surface area contributed by atoms with Crippen LogP contribution in [0.15, 0.2) is 0 Å². The molecule has 0 spiro atoms. The number of amides is 1. The van der Waals surface area contributed by atoms with Crippen LogP contribution in [0.1, 0.15) is 59.8 Å². The number of hydrogen-bond donors (Lipinski definition) is 1. The fraction of sp³-hybridized carbons (Fsp3) is 0.944. The highest BCUT2D eigenvalue weighted by Crippen LogP contribution is 2.20. The molecule has 2 unspecified atom stereocenters. The van der Waals surface area contributed by atoms with Crippen molar-refractivity contribution in [2.75, 3.05) is 32.7 Å². The van der Waals surface area contributed by atoms with Gasteiger partial charge in [0.1, 0.15) is 5.60 Å². The van der Waals surface area contributed by atoms with Crippen molar-refractivity contribution in [3.05, 3.63) is 0 Å². The minimum atomic E-state index is -0.416. The average molecular weight is 325 g/mol. The normalized spacial score (nSPS) is 27.0. The van der Waals surface area contributed by atoms with Crippen LogP contribution in [0, 0.1) is 0 Å². The third-order valence-electron chi connectivity index (χ3n) is 4.81. The molecule has 1 N–H and O–H groups in total. The Morgan fingerprint density at radius 1 is 1.17 bits per heavy atom. The predicted molar refractivity (Wildman–Crippen MR) is 93.7 cm³/mol. The van der Waals surface area contributed by atoms with Gasteiger partial charge in [0.25, 0.3) is 0 Å². The van der Waals surface area contributed by atoms with Crippen LogP contribution >= 0.6 is 0 Å². The molecule has 5 nitrogen and oxygen atoms in total. The minimum absolute atomic E-state index is 0.170. The summed E-state index contributed by atoms with van der Waals surface area (Å²) >= 11 is 0. The molecule has 0 aromatic heterocycles. The standard InChI is InChI=1S/C18H35N3O2/c1-15-14-16(19-9-13-20-10-6-5-7-11-20)8-12-21(15)17(22)23-18(2,3)4/h15-16,19H,5-14H2,1-4H3. The molecule has 0 aromatic carbocycles. The molecule has 0 radical (unpaired) electrons. The summed E-state index contributed by atoms with van der Waals surface area (Å²) in [6.45, 7) is 13.4. The fourth-order valence-electron chi connectivity index (χ4n) is 3.56. The highest BCUT2D eigenvalue weighted by molar-refractivity contribution is 5.68. The third kappa shape index (κ3) is 6.30. The molecule has 2 atom stereocenters. The number of ether oxygens (including phenoxy) is 1. The number of likely N-dealkylation sites (tertiary alicyclic amines) is 2. The van der Waals surface area contributed by atoms with Crippen molar-refractivity contribution in [1.82, 2.24) is 15.1 Å². The first kappa shape index (κ1) is 18.5. The number of nitrogens with one attached hydrogen (secondary N) is 1. The van der Waals surface area contributed by atoms with E-state index in [0.717, 1.165) is 32.5 Å². The molecular weight excluding hydrogens is 290 g/mol. The number of nitrogens with zero attached hydrogens (tertiary/aromatic N) is 2. The molecule has 2 saturated heterocycles. The van der Waals surface area contributed by atoms with E-state index in [2.05, 4.69) is 17.1 Å². The Labute approximate surface area is 141 Å². The van der Waals surface area contributed by atoms with Crippen LogP contribution in [-0.4, -0.2) is 66.3 Å². The molecule has 2 aliphatic heterocycles. The molecule has 5 heteroatoms. The van der Waals surface area contributed by atoms with E-state index >= 15 is 0 Å². The van der Waals surface area contributed by atoms with E-state index in [-0.39, 0.29) is 12.1 Å². The van der Waals surface area contributed by atoms with Gasteiger partial charge in [0.05, 0.1) is 0 Å². The summed E-state index contributed by atoms with van der Waals surface area (Å²) in [6, 6.07) is 0.763. The molecule has 0 aromatic rings. The fourth-order valence-corrected chi connectivity index (χ4v) is 3.56. The molecule has 1 amide bonds. The summed E-state index contributed by atoms with van der Waals surface area (Å²) in [5.41, 5.74) is -0.416. The van der Waals surface area contributed by atoms with Gasteiger partial charge in [0.15, 0.2) is 0 Å². The zero-order valence-corrected chi connectivity index (χ0v) is 15.4. The molecule has 0 aliphatic carbocycles. The van der Waals surface area contributed by atoms with Crippen LogP contribution in [-0.2, 0) is 4.74 Å². The Bertz CT molecular complexity index is 375. The maximum absolute atomic E-state index is 12.2. The second kappa shape index (κ2) is 8.34. The van der Waals surface area contributed by atoms with Crippen LogP contribution in [0.2, 0.25) is 0 Å². The highest BCUT2D eigenvalue weighted by Gasteiger charge is 2.31. The van der Waals surface area contributed by atoms with E-state index in [9.17, 15) is 4.79 Å². The Morgan fingerprint density at radius 2 is 1.87 bits per heavy atom. The Balaban J connectivity index is 1.67. The molecule has 2 rings (SSSR count). The number of rotatable bonds is 4. The van der Waals surface area contributed by atoms with Crippen molar-refractivity contribution in [2.45, 2.75) is 77.5 Å². The zero-order chi connectivity index (χ0) is 16.9. The van der Waals surface area contributed by atoms with E-state index in [1.165, 1.54) is 32.4 Å². The second-order valence-electron chi connectivity index (χ2n) is 8.10. The van der Waals surface area contributed by atoms with Crippen molar-refractivity contribution >= 4 is 6.09 Å². The quantitative estimate of drug-likeness (QED) is 0.863. The summed E-state index contributed by atoms with van der Waals surface area (Å²) in [5.74, 6) is 0. The first-order chi connectivity index (χ1) is 10.8. The number of carbonyl (C=O) groups is 1.